The number of carbonyl (C=O) groups is 2. The predicted octanol–water partition coefficient (Wildman–Crippen LogP) is 5.61. The molecule has 6 nitrogen and oxygen atoms in total. The summed E-state index contributed by atoms with van der Waals surface area (Å²) >= 11 is 1.57. The van der Waals surface area contributed by atoms with Crippen LogP contribution in [0.25, 0.3) is 0 Å². The van der Waals surface area contributed by atoms with Crippen LogP contribution in [0.4, 0.5) is 4.79 Å². The van der Waals surface area contributed by atoms with Crippen molar-refractivity contribution in [3.05, 3.63) is 102 Å². The molecule has 2 amide bonds. The summed E-state index contributed by atoms with van der Waals surface area (Å²) in [5, 5.41) is 5.87. The van der Waals surface area contributed by atoms with Crippen LogP contribution < -0.4 is 10.6 Å². The van der Waals surface area contributed by atoms with Crippen molar-refractivity contribution in [3.8, 4) is 0 Å². The first kappa shape index (κ1) is 29.2. The van der Waals surface area contributed by atoms with Crippen LogP contribution in [0.5, 0.6) is 0 Å². The summed E-state index contributed by atoms with van der Waals surface area (Å²) in [7, 11) is 0. The molecule has 0 spiro atoms. The highest BCUT2D eigenvalue weighted by Crippen LogP contribution is 2.20. The van der Waals surface area contributed by atoms with Gasteiger partial charge in [-0.3, -0.25) is 9.78 Å². The van der Waals surface area contributed by atoms with E-state index in [2.05, 4.69) is 15.6 Å². The van der Waals surface area contributed by atoms with Gasteiger partial charge in [-0.15, -0.1) is 11.8 Å². The lowest BCUT2D eigenvalue weighted by molar-refractivity contribution is -0.120. The number of alkyl carbamates (subject to hydrolysis) is 1. The van der Waals surface area contributed by atoms with E-state index in [0.717, 1.165) is 29.5 Å². The fraction of sp³-hybridized carbons (Fsp3) is 0.387. The highest BCUT2D eigenvalue weighted by atomic mass is 32.2. The number of aromatic nitrogens is 1. The molecule has 1 heterocycles. The Labute approximate surface area is 231 Å². The fourth-order valence-electron chi connectivity index (χ4n) is 3.98. The molecule has 3 aromatic rings. The molecule has 1 aromatic heterocycles. The molecule has 0 bridgehead atoms. The van der Waals surface area contributed by atoms with Crippen LogP contribution in [-0.2, 0) is 28.8 Å². The van der Waals surface area contributed by atoms with Gasteiger partial charge in [-0.05, 0) is 69.2 Å². The average Bonchev–Trinajstić information content (AvgIpc) is 2.89. The largest absolute Gasteiger partial charge is 0.444 e. The zero-order valence-corrected chi connectivity index (χ0v) is 23.4. The molecule has 38 heavy (non-hydrogen) atoms. The first-order valence-electron chi connectivity index (χ1n) is 13.1. The van der Waals surface area contributed by atoms with Gasteiger partial charge < -0.3 is 15.4 Å². The minimum Gasteiger partial charge on any atom is -0.444 e. The molecule has 0 aliphatic carbocycles. The lowest BCUT2D eigenvalue weighted by Gasteiger charge is -2.25. The molecule has 0 radical (unpaired) electrons. The topological polar surface area (TPSA) is 80.3 Å². The Balaban J connectivity index is 1.63. The second kappa shape index (κ2) is 15.2. The number of benzene rings is 2. The van der Waals surface area contributed by atoms with Crippen molar-refractivity contribution >= 4 is 23.8 Å². The molecule has 2 aromatic carbocycles. The van der Waals surface area contributed by atoms with Crippen molar-refractivity contribution in [1.29, 1.82) is 0 Å². The quantitative estimate of drug-likeness (QED) is 0.279. The number of thioether (sulfide) groups is 1. The summed E-state index contributed by atoms with van der Waals surface area (Å²) < 4.78 is 5.51. The first-order chi connectivity index (χ1) is 18.3. The minimum atomic E-state index is -0.583. The van der Waals surface area contributed by atoms with E-state index in [1.165, 1.54) is 0 Å². The number of amides is 2. The van der Waals surface area contributed by atoms with E-state index >= 15 is 0 Å². The normalized spacial score (nSPS) is 12.8. The van der Waals surface area contributed by atoms with Gasteiger partial charge in [0.1, 0.15) is 5.60 Å². The standard InChI is InChI=1S/C31H39N3O3S/c1-31(2,3)37-30(36)34-27(20-24-12-6-4-7-13-24)23-38-28(21-25-14-8-5-9-15-25)29(35)33-19-11-17-26-16-10-18-32-22-26/h4-10,12-16,18,22,27-28H,11,17,19-21,23H2,1-3H3,(H,33,35)(H,34,36)/t27-,28-/m0/s1. The number of aryl methyl sites for hydroxylation is 1. The van der Waals surface area contributed by atoms with E-state index < -0.39 is 11.7 Å². The van der Waals surface area contributed by atoms with E-state index in [1.54, 1.807) is 18.0 Å². The van der Waals surface area contributed by atoms with Gasteiger partial charge in [0.2, 0.25) is 5.91 Å². The molecular formula is C31H39N3O3S. The van der Waals surface area contributed by atoms with Gasteiger partial charge in [0.05, 0.1) is 5.25 Å². The Hall–Kier alpha value is -3.32. The maximum atomic E-state index is 13.3. The molecule has 2 atom stereocenters. The second-order valence-electron chi connectivity index (χ2n) is 10.3. The zero-order chi connectivity index (χ0) is 27.2. The van der Waals surface area contributed by atoms with Crippen LogP contribution in [-0.4, -0.2) is 46.2 Å². The number of hydrogen-bond donors (Lipinski definition) is 2. The molecule has 3 rings (SSSR count). The number of ether oxygens (including phenoxy) is 1. The molecule has 0 saturated carbocycles. The molecule has 0 aliphatic heterocycles. The molecule has 0 unspecified atom stereocenters. The summed E-state index contributed by atoms with van der Waals surface area (Å²) in [5.74, 6) is 0.593. The van der Waals surface area contributed by atoms with E-state index in [-0.39, 0.29) is 17.2 Å². The van der Waals surface area contributed by atoms with E-state index in [9.17, 15) is 9.59 Å². The van der Waals surface area contributed by atoms with Crippen molar-refractivity contribution in [3.63, 3.8) is 0 Å². The maximum Gasteiger partial charge on any atom is 0.407 e. The molecule has 0 aliphatic rings. The molecule has 0 fully saturated rings. The van der Waals surface area contributed by atoms with Gasteiger partial charge in [0.25, 0.3) is 0 Å². The smallest absolute Gasteiger partial charge is 0.407 e. The Kier molecular flexibility index (Phi) is 11.7. The van der Waals surface area contributed by atoms with Crippen molar-refractivity contribution in [2.75, 3.05) is 12.3 Å². The van der Waals surface area contributed by atoms with Gasteiger partial charge in [-0.25, -0.2) is 4.79 Å². The number of nitrogens with zero attached hydrogens (tertiary/aromatic N) is 1. The Morgan fingerprint density at radius 2 is 1.53 bits per heavy atom. The summed E-state index contributed by atoms with van der Waals surface area (Å²) in [6.07, 6.45) is 6.15. The van der Waals surface area contributed by atoms with Crippen LogP contribution in [0.2, 0.25) is 0 Å². The number of nitrogens with one attached hydrogen (secondary N) is 2. The van der Waals surface area contributed by atoms with Crippen LogP contribution in [0.15, 0.2) is 85.2 Å². The third kappa shape index (κ3) is 11.4. The van der Waals surface area contributed by atoms with Crippen molar-refractivity contribution in [2.45, 2.75) is 63.3 Å². The van der Waals surface area contributed by atoms with Gasteiger partial charge in [0, 0.05) is 30.7 Å². The van der Waals surface area contributed by atoms with Crippen LogP contribution in [0, 0.1) is 0 Å². The fourth-order valence-corrected chi connectivity index (χ4v) is 5.19. The third-order valence-corrected chi connectivity index (χ3v) is 7.14. The first-order valence-corrected chi connectivity index (χ1v) is 14.2. The highest BCUT2D eigenvalue weighted by molar-refractivity contribution is 8.00. The van der Waals surface area contributed by atoms with Gasteiger partial charge in [0.15, 0.2) is 0 Å². The Morgan fingerprint density at radius 3 is 2.13 bits per heavy atom. The summed E-state index contributed by atoms with van der Waals surface area (Å²) in [5.41, 5.74) is 2.80. The number of pyridine rings is 1. The summed E-state index contributed by atoms with van der Waals surface area (Å²) in [6, 6.07) is 23.9. The van der Waals surface area contributed by atoms with Crippen LogP contribution in [0.1, 0.15) is 43.9 Å². The summed E-state index contributed by atoms with van der Waals surface area (Å²) in [6.45, 7) is 6.15. The predicted molar refractivity (Wildman–Crippen MR) is 155 cm³/mol. The Morgan fingerprint density at radius 1 is 0.895 bits per heavy atom. The molecule has 7 heteroatoms. The van der Waals surface area contributed by atoms with Crippen molar-refractivity contribution in [1.82, 2.24) is 15.6 Å². The second-order valence-corrected chi connectivity index (χ2v) is 11.5. The zero-order valence-electron chi connectivity index (χ0n) is 22.6. The molecule has 0 saturated heterocycles. The van der Waals surface area contributed by atoms with E-state index in [0.29, 0.717) is 25.1 Å². The van der Waals surface area contributed by atoms with Gasteiger partial charge >= 0.3 is 6.09 Å². The van der Waals surface area contributed by atoms with E-state index in [1.807, 2.05) is 99.8 Å². The van der Waals surface area contributed by atoms with Gasteiger partial charge in [-0.1, -0.05) is 66.7 Å². The van der Waals surface area contributed by atoms with Crippen molar-refractivity contribution < 1.29 is 14.3 Å². The Bertz CT molecular complexity index is 1110. The number of hydrogen-bond acceptors (Lipinski definition) is 5. The van der Waals surface area contributed by atoms with E-state index in [4.69, 9.17) is 4.74 Å². The van der Waals surface area contributed by atoms with Crippen molar-refractivity contribution in [2.24, 2.45) is 0 Å². The molecular weight excluding hydrogens is 494 g/mol. The molecule has 202 valence electrons. The monoisotopic (exact) mass is 533 g/mol. The van der Waals surface area contributed by atoms with Crippen LogP contribution >= 0.6 is 11.8 Å². The number of carbonyl (C=O) groups excluding carboxylic acids is 2. The number of rotatable bonds is 13. The lowest BCUT2D eigenvalue weighted by atomic mass is 10.1. The van der Waals surface area contributed by atoms with Gasteiger partial charge in [-0.2, -0.15) is 0 Å². The summed E-state index contributed by atoms with van der Waals surface area (Å²) in [4.78, 5) is 30.0. The maximum absolute atomic E-state index is 13.3. The minimum absolute atomic E-state index is 0.0146. The average molecular weight is 534 g/mol. The SMILES string of the molecule is CC(C)(C)OC(=O)N[C@H](CS[C@@H](Cc1ccccc1)C(=O)NCCCc1cccnc1)Cc1ccccc1. The van der Waals surface area contributed by atoms with Crippen LogP contribution in [0.3, 0.4) is 0 Å². The lowest BCUT2D eigenvalue weighted by Crippen LogP contribution is -2.43. The highest BCUT2D eigenvalue weighted by Gasteiger charge is 2.24. The molecule has 2 N–H and O–H groups in total. The third-order valence-electron chi connectivity index (χ3n) is 5.76.